The van der Waals surface area contributed by atoms with Crippen LogP contribution in [0.4, 0.5) is 15.1 Å². The smallest absolute Gasteiger partial charge is 0.414 e. The highest BCUT2D eigenvalue weighted by Crippen LogP contribution is 2.31. The number of aromatic nitrogens is 1. The van der Waals surface area contributed by atoms with Crippen LogP contribution in [0, 0.1) is 5.82 Å². The Morgan fingerprint density at radius 3 is 2.67 bits per heavy atom. The number of carbonyl (C=O) groups is 1. The second-order valence-electron chi connectivity index (χ2n) is 9.24. The molecule has 0 saturated carbocycles. The molecule has 1 aliphatic rings. The molecule has 0 radical (unpaired) electrons. The van der Waals surface area contributed by atoms with Crippen molar-refractivity contribution >= 4 is 29.9 Å². The molecule has 1 saturated heterocycles. The van der Waals surface area contributed by atoms with Crippen LogP contribution in [0.2, 0.25) is 0 Å². The first-order valence-corrected chi connectivity index (χ1v) is 12.5. The number of hydrogen-bond acceptors (Lipinski definition) is 7. The van der Waals surface area contributed by atoms with Crippen LogP contribution < -0.4 is 5.32 Å². The third-order valence-electron chi connectivity index (χ3n) is 5.33. The number of carbonyl (C=O) groups excluding carboxylic acids is 1. The number of amides is 1. The molecule has 4 rings (SSSR count). The van der Waals surface area contributed by atoms with Crippen LogP contribution in [0.3, 0.4) is 0 Å². The molecular formula is C26H29FN4O4S. The van der Waals surface area contributed by atoms with Gasteiger partial charge in [0, 0.05) is 17.5 Å². The molecule has 3 aromatic rings. The van der Waals surface area contributed by atoms with Crippen molar-refractivity contribution in [3.05, 3.63) is 71.7 Å². The lowest BCUT2D eigenvalue weighted by atomic mass is 9.95. The van der Waals surface area contributed by atoms with Gasteiger partial charge in [-0.05, 0) is 49.9 Å². The molecule has 2 aromatic carbocycles. The Bertz CT molecular complexity index is 1220. The van der Waals surface area contributed by atoms with Crippen molar-refractivity contribution in [2.75, 3.05) is 19.1 Å². The van der Waals surface area contributed by atoms with Crippen LogP contribution in [-0.4, -0.2) is 46.2 Å². The highest BCUT2D eigenvalue weighted by Gasteiger charge is 2.24. The number of alkyl carbamates (subject to hydrolysis) is 1. The third kappa shape index (κ3) is 6.64. The first-order chi connectivity index (χ1) is 17.2. The van der Waals surface area contributed by atoms with Crippen LogP contribution in [0.15, 0.2) is 64.1 Å². The van der Waals surface area contributed by atoms with E-state index in [1.165, 1.54) is 18.0 Å². The van der Waals surface area contributed by atoms with E-state index in [1.54, 1.807) is 37.2 Å². The highest BCUT2D eigenvalue weighted by molar-refractivity contribution is 7.97. The summed E-state index contributed by atoms with van der Waals surface area (Å²) in [6.07, 6.45) is -0.629. The Morgan fingerprint density at radius 2 is 2.00 bits per heavy atom. The number of ether oxygens (including phenoxy) is 2. The molecule has 0 bridgehead atoms. The first-order valence-electron chi connectivity index (χ1n) is 11.6. The van der Waals surface area contributed by atoms with Crippen molar-refractivity contribution in [2.24, 2.45) is 4.99 Å². The van der Waals surface area contributed by atoms with E-state index in [2.05, 4.69) is 15.5 Å². The van der Waals surface area contributed by atoms with E-state index in [1.807, 2.05) is 43.3 Å². The molecule has 1 amide bonds. The number of benzene rings is 2. The molecule has 1 unspecified atom stereocenters. The molecule has 0 spiro atoms. The molecular weight excluding hydrogens is 483 g/mol. The van der Waals surface area contributed by atoms with Gasteiger partial charge in [-0.25, -0.2) is 9.18 Å². The number of hydrogen-bond donors (Lipinski definition) is 1. The SMILES string of the molecule is CC(c1ccc(-c2ccccc2)c(F)c1)c1cc(N=C(NC(=O)OC(C)(C)C)N2CCOCS2)on1. The molecule has 0 aliphatic carbocycles. The number of guanidine groups is 1. The predicted octanol–water partition coefficient (Wildman–Crippen LogP) is 6.08. The van der Waals surface area contributed by atoms with E-state index in [9.17, 15) is 9.18 Å². The maximum Gasteiger partial charge on any atom is 0.414 e. The van der Waals surface area contributed by atoms with Gasteiger partial charge in [-0.15, -0.1) is 0 Å². The average Bonchev–Trinajstić information content (AvgIpc) is 3.31. The monoisotopic (exact) mass is 512 g/mol. The normalized spacial score (nSPS) is 15.5. The van der Waals surface area contributed by atoms with Gasteiger partial charge < -0.3 is 14.0 Å². The fourth-order valence-corrected chi connectivity index (χ4v) is 4.27. The molecule has 8 nitrogen and oxygen atoms in total. The van der Waals surface area contributed by atoms with E-state index in [4.69, 9.17) is 14.0 Å². The average molecular weight is 513 g/mol. The van der Waals surface area contributed by atoms with E-state index >= 15 is 0 Å². The third-order valence-corrected chi connectivity index (χ3v) is 6.27. The van der Waals surface area contributed by atoms with Gasteiger partial charge in [-0.1, -0.05) is 54.5 Å². The first kappa shape index (κ1) is 25.7. The molecule has 1 fully saturated rings. The lowest BCUT2D eigenvalue weighted by molar-refractivity contribution is 0.0557. The minimum atomic E-state index is -0.659. The Labute approximate surface area is 214 Å². The van der Waals surface area contributed by atoms with Gasteiger partial charge in [0.05, 0.1) is 18.8 Å². The van der Waals surface area contributed by atoms with Crippen LogP contribution in [0.5, 0.6) is 0 Å². The zero-order valence-electron chi connectivity index (χ0n) is 20.7. The Morgan fingerprint density at radius 1 is 1.22 bits per heavy atom. The van der Waals surface area contributed by atoms with E-state index < -0.39 is 11.7 Å². The highest BCUT2D eigenvalue weighted by atomic mass is 32.2. The van der Waals surface area contributed by atoms with Crippen LogP contribution in [0.1, 0.15) is 44.9 Å². The Balaban J connectivity index is 1.54. The van der Waals surface area contributed by atoms with Gasteiger partial charge >= 0.3 is 6.09 Å². The van der Waals surface area contributed by atoms with Gasteiger partial charge in [-0.2, -0.15) is 4.99 Å². The number of aliphatic imine (C=N–C) groups is 1. The number of nitrogens with zero attached hydrogens (tertiary/aromatic N) is 3. The van der Waals surface area contributed by atoms with Crippen molar-refractivity contribution < 1.29 is 23.2 Å². The maximum atomic E-state index is 14.9. The lowest BCUT2D eigenvalue weighted by Gasteiger charge is -2.28. The summed E-state index contributed by atoms with van der Waals surface area (Å²) in [5.41, 5.74) is 2.04. The summed E-state index contributed by atoms with van der Waals surface area (Å²) < 4.78 is 32.9. The lowest BCUT2D eigenvalue weighted by Crippen LogP contribution is -2.45. The quantitative estimate of drug-likeness (QED) is 0.257. The molecule has 1 N–H and O–H groups in total. The molecule has 1 atom stereocenters. The van der Waals surface area contributed by atoms with E-state index in [0.29, 0.717) is 30.3 Å². The summed E-state index contributed by atoms with van der Waals surface area (Å²) in [7, 11) is 0. The van der Waals surface area contributed by atoms with Gasteiger partial charge in [0.25, 0.3) is 5.88 Å². The summed E-state index contributed by atoms with van der Waals surface area (Å²) in [6.45, 7) is 8.28. The summed E-state index contributed by atoms with van der Waals surface area (Å²) in [6, 6.07) is 16.3. The minimum Gasteiger partial charge on any atom is -0.444 e. The summed E-state index contributed by atoms with van der Waals surface area (Å²) in [4.78, 5) is 16.9. The number of nitrogens with one attached hydrogen (secondary N) is 1. The molecule has 2 heterocycles. The molecule has 10 heteroatoms. The second-order valence-corrected chi connectivity index (χ2v) is 10.2. The van der Waals surface area contributed by atoms with Gasteiger partial charge in [0.15, 0.2) is 0 Å². The Hall–Kier alpha value is -3.37. The molecule has 1 aliphatic heterocycles. The number of rotatable bonds is 4. The van der Waals surface area contributed by atoms with Crippen molar-refractivity contribution in [2.45, 2.75) is 39.2 Å². The van der Waals surface area contributed by atoms with Crippen molar-refractivity contribution in [1.82, 2.24) is 14.8 Å². The molecule has 1 aromatic heterocycles. The van der Waals surface area contributed by atoms with Crippen LogP contribution in [-0.2, 0) is 9.47 Å². The van der Waals surface area contributed by atoms with Crippen LogP contribution in [0.25, 0.3) is 11.1 Å². The van der Waals surface area contributed by atoms with Gasteiger partial charge in [0.1, 0.15) is 17.4 Å². The maximum absolute atomic E-state index is 14.9. The molecule has 36 heavy (non-hydrogen) atoms. The minimum absolute atomic E-state index is 0.205. The van der Waals surface area contributed by atoms with E-state index in [-0.39, 0.29) is 23.6 Å². The fourth-order valence-electron chi connectivity index (χ4n) is 3.54. The molecule has 190 valence electrons. The number of halogens is 1. The predicted molar refractivity (Wildman–Crippen MR) is 137 cm³/mol. The largest absolute Gasteiger partial charge is 0.444 e. The second kappa shape index (κ2) is 11.1. The van der Waals surface area contributed by atoms with Crippen molar-refractivity contribution in [1.29, 1.82) is 0 Å². The summed E-state index contributed by atoms with van der Waals surface area (Å²) >= 11 is 1.37. The van der Waals surface area contributed by atoms with Crippen LogP contribution >= 0.6 is 11.9 Å². The summed E-state index contributed by atoms with van der Waals surface area (Å²) in [5.74, 6) is 0.346. The zero-order chi connectivity index (χ0) is 25.7. The topological polar surface area (TPSA) is 89.2 Å². The fraction of sp³-hybridized carbons (Fsp3) is 0.346. The van der Waals surface area contributed by atoms with Gasteiger partial charge in [-0.3, -0.25) is 9.62 Å². The zero-order valence-corrected chi connectivity index (χ0v) is 21.5. The van der Waals surface area contributed by atoms with Crippen molar-refractivity contribution in [3.8, 4) is 11.1 Å². The van der Waals surface area contributed by atoms with E-state index in [0.717, 1.165) is 11.1 Å². The summed E-state index contributed by atoms with van der Waals surface area (Å²) in [5, 5.41) is 6.83. The standard InChI is InChI=1S/C26H29FN4O4S/c1-17(19-10-11-20(21(27)14-19)18-8-6-5-7-9-18)22-15-23(35-30-22)28-24(31-12-13-33-16-36-31)29-25(32)34-26(2,3)4/h5-11,14-15,17H,12-13,16H2,1-4H3,(H,28,29,32). The Kier molecular flexibility index (Phi) is 7.95. The van der Waals surface area contributed by atoms with Gasteiger partial charge in [0.2, 0.25) is 5.96 Å². The van der Waals surface area contributed by atoms with Crippen molar-refractivity contribution in [3.63, 3.8) is 0 Å².